The van der Waals surface area contributed by atoms with E-state index in [2.05, 4.69) is 11.3 Å². The van der Waals surface area contributed by atoms with Crippen LogP contribution in [0.3, 0.4) is 0 Å². The highest BCUT2D eigenvalue weighted by atomic mass is 28.4. The highest BCUT2D eigenvalue weighted by Gasteiger charge is 2.60. The lowest BCUT2D eigenvalue weighted by atomic mass is 9.89. The van der Waals surface area contributed by atoms with Crippen LogP contribution < -0.4 is 0 Å². The van der Waals surface area contributed by atoms with Gasteiger partial charge in [-0.15, -0.1) is 0 Å². The van der Waals surface area contributed by atoms with Crippen molar-refractivity contribution in [3.8, 4) is 0 Å². The summed E-state index contributed by atoms with van der Waals surface area (Å²) in [7, 11) is -2.26. The van der Waals surface area contributed by atoms with E-state index in [0.29, 0.717) is 5.56 Å². The van der Waals surface area contributed by atoms with Gasteiger partial charge in [-0.1, -0.05) is 64.6 Å². The Morgan fingerprint density at radius 1 is 1.00 bits per heavy atom. The fourth-order valence-electron chi connectivity index (χ4n) is 3.50. The van der Waals surface area contributed by atoms with Gasteiger partial charge in [0.15, 0.2) is 8.32 Å². The van der Waals surface area contributed by atoms with Gasteiger partial charge < -0.3 is 14.3 Å². The van der Waals surface area contributed by atoms with Crippen molar-refractivity contribution in [2.45, 2.75) is 76.5 Å². The molecule has 1 N–H and O–H groups in total. The highest BCUT2D eigenvalue weighted by molar-refractivity contribution is 6.73. The van der Waals surface area contributed by atoms with Crippen molar-refractivity contribution < 1.29 is 45.4 Å². The van der Waals surface area contributed by atoms with E-state index in [9.17, 15) is 36.2 Å². The van der Waals surface area contributed by atoms with Crippen LogP contribution in [0.2, 0.25) is 18.1 Å². The molecule has 1 aromatic carbocycles. The van der Waals surface area contributed by atoms with Crippen molar-refractivity contribution in [1.29, 1.82) is 0 Å². The Balaban J connectivity index is 3.20. The van der Waals surface area contributed by atoms with Gasteiger partial charge in [-0.3, -0.25) is 0 Å². The van der Waals surface area contributed by atoms with Gasteiger partial charge in [0.05, 0.1) is 17.8 Å². The van der Waals surface area contributed by atoms with Crippen LogP contribution in [-0.4, -0.2) is 44.0 Å². The molecule has 33 heavy (non-hydrogen) atoms. The maximum Gasteiger partial charge on any atom is 0.434 e. The zero-order chi connectivity index (χ0) is 25.6. The van der Waals surface area contributed by atoms with Gasteiger partial charge >= 0.3 is 18.3 Å². The average Bonchev–Trinajstić information content (AvgIpc) is 2.76. The van der Waals surface area contributed by atoms with Crippen LogP contribution in [0.4, 0.5) is 26.3 Å². The summed E-state index contributed by atoms with van der Waals surface area (Å²) in [6.07, 6.45) is -18.6. The number of halogens is 6. The molecule has 188 valence electrons. The molecule has 0 aliphatic rings. The largest absolute Gasteiger partial charge is 0.439 e. The number of esters is 1. The molecular formula is C22H30F6O4Si. The number of ether oxygens (including phenoxy) is 1. The molecule has 0 saturated carbocycles. The molecule has 0 heterocycles. The van der Waals surface area contributed by atoms with E-state index in [4.69, 9.17) is 4.43 Å². The second kappa shape index (κ2) is 11.5. The van der Waals surface area contributed by atoms with Gasteiger partial charge in [0, 0.05) is 5.92 Å². The van der Waals surface area contributed by atoms with E-state index in [1.807, 2.05) is 20.8 Å². The first kappa shape index (κ1) is 29.2. The topological polar surface area (TPSA) is 55.8 Å². The highest BCUT2D eigenvalue weighted by Crippen LogP contribution is 2.39. The Bertz CT molecular complexity index is 755. The van der Waals surface area contributed by atoms with E-state index in [-0.39, 0.29) is 0 Å². The number of aliphatic hydroxyl groups excluding tert-OH is 1. The Morgan fingerprint density at radius 3 is 1.85 bits per heavy atom. The molecule has 0 saturated heterocycles. The van der Waals surface area contributed by atoms with Crippen molar-refractivity contribution in [3.63, 3.8) is 0 Å². The second-order valence-corrected chi connectivity index (χ2v) is 12.6. The Kier molecular flexibility index (Phi) is 10.2. The zero-order valence-corrected chi connectivity index (χ0v) is 20.0. The molecule has 0 aliphatic heterocycles. The minimum Gasteiger partial charge on any atom is -0.439 e. The lowest BCUT2D eigenvalue weighted by Crippen LogP contribution is -2.46. The predicted octanol–water partition coefficient (Wildman–Crippen LogP) is 6.34. The van der Waals surface area contributed by atoms with Crippen LogP contribution in [0.1, 0.15) is 39.4 Å². The normalized spacial score (nSPS) is 15.8. The van der Waals surface area contributed by atoms with Gasteiger partial charge in [0.25, 0.3) is 6.10 Å². The van der Waals surface area contributed by atoms with Crippen molar-refractivity contribution in [1.82, 2.24) is 0 Å². The molecule has 0 radical (unpaired) electrons. The van der Waals surface area contributed by atoms with Gasteiger partial charge in [0.1, 0.15) is 0 Å². The lowest BCUT2D eigenvalue weighted by Gasteiger charge is -2.38. The molecule has 1 rings (SSSR count). The summed E-state index contributed by atoms with van der Waals surface area (Å²) in [5.41, 5.74) is -0.261. The molecular weight excluding hydrogens is 470 g/mol. The fraction of sp³-hybridized carbons (Fsp3) is 0.591. The third-order valence-electron chi connectivity index (χ3n) is 5.85. The van der Waals surface area contributed by atoms with E-state index < -0.39 is 56.4 Å². The van der Waals surface area contributed by atoms with E-state index in [1.54, 1.807) is 30.3 Å². The number of hydrogen-bond donors (Lipinski definition) is 1. The summed E-state index contributed by atoms with van der Waals surface area (Å²) in [6.45, 7) is 10.7. The van der Waals surface area contributed by atoms with Crippen LogP contribution >= 0.6 is 0 Å². The summed E-state index contributed by atoms with van der Waals surface area (Å²) in [6, 6.07) is 11.0. The zero-order valence-electron chi connectivity index (χ0n) is 19.0. The Hall–Kier alpha value is -1.85. The molecule has 0 fully saturated rings. The number of alkyl halides is 6. The van der Waals surface area contributed by atoms with Crippen LogP contribution in [-0.2, 0) is 14.0 Å². The second-order valence-electron chi connectivity index (χ2n) is 7.89. The maximum absolute atomic E-state index is 12.7. The predicted molar refractivity (Wildman–Crippen MR) is 114 cm³/mol. The molecule has 0 unspecified atom stereocenters. The summed E-state index contributed by atoms with van der Waals surface area (Å²) < 4.78 is 86.7. The molecule has 0 amide bonds. The first-order valence-electron chi connectivity index (χ1n) is 10.6. The van der Waals surface area contributed by atoms with E-state index in [0.717, 1.165) is 18.1 Å². The summed E-state index contributed by atoms with van der Waals surface area (Å²) in [4.78, 5) is 12.1. The van der Waals surface area contributed by atoms with Crippen LogP contribution in [0, 0.1) is 5.92 Å². The molecule has 4 nitrogen and oxygen atoms in total. The van der Waals surface area contributed by atoms with Crippen LogP contribution in [0.5, 0.6) is 0 Å². The molecule has 0 bridgehead atoms. The minimum atomic E-state index is -5.87. The van der Waals surface area contributed by atoms with Crippen LogP contribution in [0.15, 0.2) is 42.5 Å². The number of aliphatic hydroxyl groups is 1. The standard InChI is InChI=1S/C22H30F6O4Si/c1-6-33(7-2,8-3)32-18(16-12-10-9-11-13-16)14(4)17(29)15(5)19(30)31-20(21(23,24)25)22(26,27)28/h9-14,17-18,20,29H,5-8H2,1-4H3/t14-,17-,18-/m1/s1. The first-order valence-corrected chi connectivity index (χ1v) is 13.1. The van der Waals surface area contributed by atoms with Gasteiger partial charge in [-0.25, -0.2) is 4.79 Å². The Labute approximate surface area is 190 Å². The molecule has 11 heteroatoms. The van der Waals surface area contributed by atoms with Gasteiger partial charge in [-0.05, 0) is 23.7 Å². The average molecular weight is 501 g/mol. The number of benzene rings is 1. The SMILES string of the molecule is C=C(C(=O)OC(C(F)(F)F)C(F)(F)F)[C@H](O)[C@@H](C)[C@@H](O[Si](CC)(CC)CC)c1ccccc1. The third-order valence-corrected chi connectivity index (χ3v) is 10.5. The lowest BCUT2D eigenvalue weighted by molar-refractivity contribution is -0.312. The minimum absolute atomic E-state index is 0.654. The summed E-state index contributed by atoms with van der Waals surface area (Å²) >= 11 is 0. The number of hydrogen-bond acceptors (Lipinski definition) is 4. The maximum atomic E-state index is 12.7. The number of rotatable bonds is 11. The monoisotopic (exact) mass is 500 g/mol. The first-order chi connectivity index (χ1) is 15.1. The van der Waals surface area contributed by atoms with E-state index >= 15 is 0 Å². The summed E-state index contributed by atoms with van der Waals surface area (Å²) in [5.74, 6) is -2.90. The molecule has 3 atom stereocenters. The quantitative estimate of drug-likeness (QED) is 0.167. The number of carbonyl (C=O) groups is 1. The van der Waals surface area contributed by atoms with Crippen molar-refractivity contribution in [2.75, 3.05) is 0 Å². The van der Waals surface area contributed by atoms with Crippen molar-refractivity contribution in [2.24, 2.45) is 5.92 Å². The molecule has 0 spiro atoms. The van der Waals surface area contributed by atoms with Crippen molar-refractivity contribution >= 4 is 14.3 Å². The summed E-state index contributed by atoms with van der Waals surface area (Å²) in [5, 5.41) is 10.7. The van der Waals surface area contributed by atoms with Crippen LogP contribution in [0.25, 0.3) is 0 Å². The fourth-order valence-corrected chi connectivity index (χ4v) is 6.39. The Morgan fingerprint density at radius 2 is 1.45 bits per heavy atom. The number of carbonyl (C=O) groups excluding carboxylic acids is 1. The molecule has 0 aromatic heterocycles. The van der Waals surface area contributed by atoms with E-state index in [1.165, 1.54) is 6.92 Å². The van der Waals surface area contributed by atoms with Gasteiger partial charge in [-0.2, -0.15) is 26.3 Å². The van der Waals surface area contributed by atoms with Crippen molar-refractivity contribution in [3.05, 3.63) is 48.0 Å². The molecule has 1 aromatic rings. The molecule has 0 aliphatic carbocycles. The van der Waals surface area contributed by atoms with Gasteiger partial charge in [0.2, 0.25) is 0 Å². The third kappa shape index (κ3) is 7.58. The smallest absolute Gasteiger partial charge is 0.434 e.